The highest BCUT2D eigenvalue weighted by Crippen LogP contribution is 2.25. The van der Waals surface area contributed by atoms with Gasteiger partial charge in [-0.1, -0.05) is 6.07 Å². The molecule has 0 spiro atoms. The van der Waals surface area contributed by atoms with E-state index in [1.807, 2.05) is 19.3 Å². The lowest BCUT2D eigenvalue weighted by Crippen LogP contribution is -2.17. The minimum atomic E-state index is 0.166. The SMILES string of the molecule is Cc1cc(CC(C)N)cnc1Sc1ncc[nH]1. The topological polar surface area (TPSA) is 67.6 Å². The van der Waals surface area contributed by atoms with Gasteiger partial charge in [-0.15, -0.1) is 0 Å². The van der Waals surface area contributed by atoms with Crippen molar-refractivity contribution in [1.82, 2.24) is 15.0 Å². The van der Waals surface area contributed by atoms with E-state index in [4.69, 9.17) is 5.73 Å². The first-order valence-electron chi connectivity index (χ1n) is 5.53. The van der Waals surface area contributed by atoms with Crippen LogP contribution in [-0.4, -0.2) is 21.0 Å². The Morgan fingerprint density at radius 3 is 2.88 bits per heavy atom. The van der Waals surface area contributed by atoms with Crippen LogP contribution in [0.5, 0.6) is 0 Å². The van der Waals surface area contributed by atoms with Crippen molar-refractivity contribution >= 4 is 11.8 Å². The summed E-state index contributed by atoms with van der Waals surface area (Å²) in [6.07, 6.45) is 6.30. The molecule has 5 heteroatoms. The van der Waals surface area contributed by atoms with Crippen molar-refractivity contribution < 1.29 is 0 Å². The summed E-state index contributed by atoms with van der Waals surface area (Å²) in [6.45, 7) is 4.06. The standard InChI is InChI=1S/C12H16N4S/c1-8-5-10(6-9(2)13)7-16-11(8)17-12-14-3-4-15-12/h3-5,7,9H,6,13H2,1-2H3,(H,14,15). The van der Waals surface area contributed by atoms with Crippen LogP contribution in [0.2, 0.25) is 0 Å². The van der Waals surface area contributed by atoms with E-state index in [0.29, 0.717) is 0 Å². The number of aromatic amines is 1. The van der Waals surface area contributed by atoms with Crippen molar-refractivity contribution in [3.63, 3.8) is 0 Å². The highest BCUT2D eigenvalue weighted by Gasteiger charge is 2.06. The molecule has 1 atom stereocenters. The maximum Gasteiger partial charge on any atom is 0.171 e. The summed E-state index contributed by atoms with van der Waals surface area (Å²) >= 11 is 1.54. The molecule has 0 bridgehead atoms. The largest absolute Gasteiger partial charge is 0.339 e. The van der Waals surface area contributed by atoms with Crippen LogP contribution < -0.4 is 5.73 Å². The molecule has 1 unspecified atom stereocenters. The summed E-state index contributed by atoms with van der Waals surface area (Å²) in [5.41, 5.74) is 8.11. The molecule has 0 aromatic carbocycles. The van der Waals surface area contributed by atoms with Crippen molar-refractivity contribution in [1.29, 1.82) is 0 Å². The van der Waals surface area contributed by atoms with Gasteiger partial charge in [-0.25, -0.2) is 9.97 Å². The van der Waals surface area contributed by atoms with E-state index in [-0.39, 0.29) is 6.04 Å². The van der Waals surface area contributed by atoms with Crippen molar-refractivity contribution in [2.45, 2.75) is 36.5 Å². The van der Waals surface area contributed by atoms with Crippen LogP contribution in [0.25, 0.3) is 0 Å². The number of hydrogen-bond acceptors (Lipinski definition) is 4. The number of H-pyrrole nitrogens is 1. The Morgan fingerprint density at radius 1 is 1.47 bits per heavy atom. The average molecular weight is 248 g/mol. The lowest BCUT2D eigenvalue weighted by atomic mass is 10.1. The van der Waals surface area contributed by atoms with Crippen molar-refractivity contribution in [2.75, 3.05) is 0 Å². The van der Waals surface area contributed by atoms with Crippen molar-refractivity contribution in [3.05, 3.63) is 35.8 Å². The summed E-state index contributed by atoms with van der Waals surface area (Å²) < 4.78 is 0. The molecule has 0 fully saturated rings. The third-order valence-electron chi connectivity index (χ3n) is 2.31. The molecule has 0 amide bonds. The first kappa shape index (κ1) is 12.1. The van der Waals surface area contributed by atoms with Gasteiger partial charge in [-0.05, 0) is 43.2 Å². The number of nitrogens with zero attached hydrogens (tertiary/aromatic N) is 2. The zero-order valence-electron chi connectivity index (χ0n) is 9.97. The molecule has 2 heterocycles. The quantitative estimate of drug-likeness (QED) is 0.870. The second kappa shape index (κ2) is 5.33. The molecule has 2 aromatic rings. The Labute approximate surface area is 105 Å². The summed E-state index contributed by atoms with van der Waals surface area (Å²) in [6, 6.07) is 2.31. The molecule has 0 aliphatic carbocycles. The van der Waals surface area contributed by atoms with Gasteiger partial charge in [0.15, 0.2) is 5.16 Å². The Bertz CT molecular complexity index is 479. The molecule has 17 heavy (non-hydrogen) atoms. The molecule has 0 saturated carbocycles. The van der Waals surface area contributed by atoms with E-state index >= 15 is 0 Å². The normalized spacial score (nSPS) is 12.6. The number of hydrogen-bond donors (Lipinski definition) is 2. The fraction of sp³-hybridized carbons (Fsp3) is 0.333. The Kier molecular flexibility index (Phi) is 3.81. The van der Waals surface area contributed by atoms with E-state index in [1.54, 1.807) is 6.20 Å². The second-order valence-electron chi connectivity index (χ2n) is 4.14. The van der Waals surface area contributed by atoms with Crippen LogP contribution in [0.3, 0.4) is 0 Å². The van der Waals surface area contributed by atoms with Crippen LogP contribution in [0, 0.1) is 6.92 Å². The van der Waals surface area contributed by atoms with Crippen LogP contribution in [0.15, 0.2) is 34.8 Å². The van der Waals surface area contributed by atoms with Gasteiger partial charge in [-0.2, -0.15) is 0 Å². The average Bonchev–Trinajstić information content (AvgIpc) is 2.74. The summed E-state index contributed by atoms with van der Waals surface area (Å²) in [5.74, 6) is 0. The molecule has 4 nitrogen and oxygen atoms in total. The maximum absolute atomic E-state index is 5.77. The van der Waals surface area contributed by atoms with Crippen LogP contribution in [0.1, 0.15) is 18.1 Å². The van der Waals surface area contributed by atoms with Crippen molar-refractivity contribution in [2.24, 2.45) is 5.73 Å². The van der Waals surface area contributed by atoms with Gasteiger partial charge in [0.2, 0.25) is 0 Å². The van der Waals surface area contributed by atoms with Gasteiger partial charge in [-0.3, -0.25) is 0 Å². The third-order valence-corrected chi connectivity index (χ3v) is 3.35. The summed E-state index contributed by atoms with van der Waals surface area (Å²) in [4.78, 5) is 11.7. The van der Waals surface area contributed by atoms with Gasteiger partial charge < -0.3 is 10.7 Å². The lowest BCUT2D eigenvalue weighted by Gasteiger charge is -2.08. The molecular weight excluding hydrogens is 232 g/mol. The molecular formula is C12H16N4S. The van der Waals surface area contributed by atoms with Gasteiger partial charge in [0.1, 0.15) is 5.03 Å². The molecule has 3 N–H and O–H groups in total. The second-order valence-corrected chi connectivity index (χ2v) is 5.12. The number of rotatable bonds is 4. The number of nitrogens with two attached hydrogens (primary N) is 1. The zero-order chi connectivity index (χ0) is 12.3. The molecule has 2 rings (SSSR count). The van der Waals surface area contributed by atoms with E-state index in [0.717, 1.165) is 22.2 Å². The van der Waals surface area contributed by atoms with Gasteiger partial charge in [0.25, 0.3) is 0 Å². The highest BCUT2D eigenvalue weighted by atomic mass is 32.2. The summed E-state index contributed by atoms with van der Waals surface area (Å²) in [7, 11) is 0. The molecule has 0 aliphatic rings. The molecule has 2 aromatic heterocycles. The Morgan fingerprint density at radius 2 is 2.29 bits per heavy atom. The van der Waals surface area contributed by atoms with Crippen LogP contribution in [-0.2, 0) is 6.42 Å². The minimum Gasteiger partial charge on any atom is -0.339 e. The van der Waals surface area contributed by atoms with E-state index < -0.39 is 0 Å². The number of nitrogens with one attached hydrogen (secondary N) is 1. The predicted molar refractivity (Wildman–Crippen MR) is 69.0 cm³/mol. The van der Waals surface area contributed by atoms with Crippen molar-refractivity contribution in [3.8, 4) is 0 Å². The fourth-order valence-corrected chi connectivity index (χ4v) is 2.36. The van der Waals surface area contributed by atoms with Gasteiger partial charge >= 0.3 is 0 Å². The minimum absolute atomic E-state index is 0.166. The van der Waals surface area contributed by atoms with Crippen LogP contribution in [0.4, 0.5) is 0 Å². The van der Waals surface area contributed by atoms with E-state index in [2.05, 4.69) is 27.9 Å². The van der Waals surface area contributed by atoms with Crippen LogP contribution >= 0.6 is 11.8 Å². The lowest BCUT2D eigenvalue weighted by molar-refractivity contribution is 0.733. The fourth-order valence-electron chi connectivity index (χ4n) is 1.61. The van der Waals surface area contributed by atoms with E-state index in [1.165, 1.54) is 17.3 Å². The number of imidazole rings is 1. The van der Waals surface area contributed by atoms with Gasteiger partial charge in [0, 0.05) is 24.6 Å². The summed E-state index contributed by atoms with van der Waals surface area (Å²) in [5, 5.41) is 1.84. The highest BCUT2D eigenvalue weighted by molar-refractivity contribution is 7.99. The third kappa shape index (κ3) is 3.31. The number of pyridine rings is 1. The van der Waals surface area contributed by atoms with E-state index in [9.17, 15) is 0 Å². The Hall–Kier alpha value is -1.33. The number of aromatic nitrogens is 3. The Balaban J connectivity index is 2.14. The van der Waals surface area contributed by atoms with Gasteiger partial charge in [0.05, 0.1) is 0 Å². The number of aryl methyl sites for hydroxylation is 1. The molecule has 0 aliphatic heterocycles. The molecule has 90 valence electrons. The smallest absolute Gasteiger partial charge is 0.171 e. The predicted octanol–water partition coefficient (Wildman–Crippen LogP) is 2.15. The first-order valence-corrected chi connectivity index (χ1v) is 6.35. The molecule has 0 radical (unpaired) electrons. The zero-order valence-corrected chi connectivity index (χ0v) is 10.8. The molecule has 0 saturated heterocycles. The maximum atomic E-state index is 5.77. The monoisotopic (exact) mass is 248 g/mol. The first-order chi connectivity index (χ1) is 8.15.